The Hall–Kier alpha value is -4.20. The number of anilines is 2. The SMILES string of the molecule is CC(c1ccnc(Nc2nc3ccc(-c4cc(C(F)F)ncn4)cc3[nH]2)c1)N1CCN(C(=O)CC(F)(F)F)CC1. The summed E-state index contributed by atoms with van der Waals surface area (Å²) in [6, 6.07) is 10.2. The maximum Gasteiger partial charge on any atom is 0.397 e. The number of pyridine rings is 1. The van der Waals surface area contributed by atoms with Crippen molar-refractivity contribution in [3.63, 3.8) is 0 Å². The number of benzene rings is 1. The number of aromatic amines is 1. The third-order valence-corrected chi connectivity index (χ3v) is 6.77. The van der Waals surface area contributed by atoms with Crippen LogP contribution in [-0.4, -0.2) is 73.0 Å². The molecule has 3 aromatic heterocycles. The number of H-pyrrole nitrogens is 1. The van der Waals surface area contributed by atoms with E-state index in [0.29, 0.717) is 47.1 Å². The summed E-state index contributed by atoms with van der Waals surface area (Å²) in [6.07, 6.45) is -5.90. The average Bonchev–Trinajstić information content (AvgIpc) is 3.33. The van der Waals surface area contributed by atoms with E-state index < -0.39 is 24.9 Å². The summed E-state index contributed by atoms with van der Waals surface area (Å²) in [5.74, 6) is 0.0558. The highest BCUT2D eigenvalue weighted by Crippen LogP contribution is 2.28. The monoisotopic (exact) mass is 560 g/mol. The molecule has 1 saturated heterocycles. The zero-order chi connectivity index (χ0) is 28.4. The van der Waals surface area contributed by atoms with E-state index in [-0.39, 0.29) is 24.8 Å². The van der Waals surface area contributed by atoms with Gasteiger partial charge in [0, 0.05) is 44.0 Å². The summed E-state index contributed by atoms with van der Waals surface area (Å²) in [4.78, 5) is 35.0. The highest BCUT2D eigenvalue weighted by Gasteiger charge is 2.35. The van der Waals surface area contributed by atoms with Gasteiger partial charge in [-0.3, -0.25) is 9.69 Å². The van der Waals surface area contributed by atoms with Gasteiger partial charge >= 0.3 is 6.18 Å². The zero-order valence-corrected chi connectivity index (χ0v) is 21.3. The molecule has 0 spiro atoms. The van der Waals surface area contributed by atoms with Gasteiger partial charge in [-0.15, -0.1) is 0 Å². The molecule has 5 rings (SSSR count). The Labute approximate surface area is 225 Å². The van der Waals surface area contributed by atoms with Crippen LogP contribution in [0.1, 0.15) is 37.1 Å². The number of alkyl halides is 5. The van der Waals surface area contributed by atoms with E-state index in [1.165, 1.54) is 11.0 Å². The Morgan fingerprint density at radius 1 is 1.05 bits per heavy atom. The summed E-state index contributed by atoms with van der Waals surface area (Å²) in [7, 11) is 0. The maximum atomic E-state index is 13.0. The molecule has 40 heavy (non-hydrogen) atoms. The van der Waals surface area contributed by atoms with Crippen LogP contribution in [0.2, 0.25) is 0 Å². The van der Waals surface area contributed by atoms with Crippen molar-refractivity contribution in [3.05, 3.63) is 60.2 Å². The third kappa shape index (κ3) is 6.33. The molecule has 9 nitrogen and oxygen atoms in total. The summed E-state index contributed by atoms with van der Waals surface area (Å²) >= 11 is 0. The molecule has 210 valence electrons. The van der Waals surface area contributed by atoms with E-state index in [1.54, 1.807) is 24.4 Å². The molecule has 1 aromatic carbocycles. The molecular formula is C26H25F5N8O. The first-order valence-corrected chi connectivity index (χ1v) is 12.5. The van der Waals surface area contributed by atoms with Gasteiger partial charge < -0.3 is 15.2 Å². The van der Waals surface area contributed by atoms with Crippen molar-refractivity contribution in [2.24, 2.45) is 0 Å². The molecule has 1 unspecified atom stereocenters. The second-order valence-electron chi connectivity index (χ2n) is 9.43. The number of fused-ring (bicyclic) bond motifs is 1. The van der Waals surface area contributed by atoms with E-state index >= 15 is 0 Å². The fourth-order valence-corrected chi connectivity index (χ4v) is 4.63. The Morgan fingerprint density at radius 2 is 1.82 bits per heavy atom. The van der Waals surface area contributed by atoms with Gasteiger partial charge in [-0.1, -0.05) is 6.07 Å². The van der Waals surface area contributed by atoms with E-state index in [4.69, 9.17) is 0 Å². The number of hydrogen-bond donors (Lipinski definition) is 2. The lowest BCUT2D eigenvalue weighted by Gasteiger charge is -2.38. The number of rotatable bonds is 7. The number of piperazine rings is 1. The predicted molar refractivity (Wildman–Crippen MR) is 137 cm³/mol. The van der Waals surface area contributed by atoms with Crippen LogP contribution in [0.5, 0.6) is 0 Å². The van der Waals surface area contributed by atoms with Crippen molar-refractivity contribution in [2.75, 3.05) is 31.5 Å². The lowest BCUT2D eigenvalue weighted by molar-refractivity contribution is -0.162. The van der Waals surface area contributed by atoms with Gasteiger partial charge in [0.2, 0.25) is 11.9 Å². The van der Waals surface area contributed by atoms with Crippen LogP contribution in [0.4, 0.5) is 33.7 Å². The van der Waals surface area contributed by atoms with Crippen molar-refractivity contribution >= 4 is 28.7 Å². The van der Waals surface area contributed by atoms with Gasteiger partial charge in [-0.05, 0) is 42.8 Å². The minimum Gasteiger partial charge on any atom is -0.340 e. The first-order chi connectivity index (χ1) is 19.1. The average molecular weight is 561 g/mol. The van der Waals surface area contributed by atoms with Gasteiger partial charge in [0.15, 0.2) is 0 Å². The number of nitrogens with zero attached hydrogens (tertiary/aromatic N) is 6. The molecule has 2 N–H and O–H groups in total. The highest BCUT2D eigenvalue weighted by molar-refractivity contribution is 5.83. The van der Waals surface area contributed by atoms with Crippen molar-refractivity contribution in [3.8, 4) is 11.3 Å². The number of carbonyl (C=O) groups excluding carboxylic acids is 1. The number of halogens is 5. The second kappa shape index (κ2) is 11.1. The first-order valence-electron chi connectivity index (χ1n) is 12.5. The molecule has 1 aliphatic heterocycles. The van der Waals surface area contributed by atoms with Crippen LogP contribution in [0.15, 0.2) is 48.9 Å². The standard InChI is InChI=1S/C26H25F5N8O/c1-15(38-6-8-39(9-7-38)23(40)13-26(29,30)31)16-4-5-32-22(11-16)37-25-35-18-3-2-17(10-20(18)36-25)19-12-21(24(27)28)34-14-33-19/h2-5,10-12,14-15,24H,6-9,13H2,1H3,(H2,32,35,36,37). The lowest BCUT2D eigenvalue weighted by atomic mass is 10.1. The molecule has 1 aliphatic rings. The molecule has 1 atom stereocenters. The molecule has 4 aromatic rings. The summed E-state index contributed by atoms with van der Waals surface area (Å²) in [6.45, 7) is 3.35. The minimum absolute atomic E-state index is 0.0624. The van der Waals surface area contributed by atoms with E-state index in [0.717, 1.165) is 11.9 Å². The largest absolute Gasteiger partial charge is 0.397 e. The van der Waals surface area contributed by atoms with Gasteiger partial charge in [0.25, 0.3) is 6.43 Å². The van der Waals surface area contributed by atoms with Crippen molar-refractivity contribution in [1.29, 1.82) is 0 Å². The number of amides is 1. The number of aromatic nitrogens is 5. The van der Waals surface area contributed by atoms with Crippen LogP contribution >= 0.6 is 0 Å². The summed E-state index contributed by atoms with van der Waals surface area (Å²) < 4.78 is 63.8. The maximum absolute atomic E-state index is 13.0. The van der Waals surface area contributed by atoms with Crippen LogP contribution in [0.3, 0.4) is 0 Å². The van der Waals surface area contributed by atoms with Crippen LogP contribution in [0, 0.1) is 0 Å². The minimum atomic E-state index is -4.51. The van der Waals surface area contributed by atoms with Gasteiger partial charge in [-0.25, -0.2) is 28.7 Å². The van der Waals surface area contributed by atoms with E-state index in [9.17, 15) is 26.7 Å². The van der Waals surface area contributed by atoms with Crippen LogP contribution in [-0.2, 0) is 4.79 Å². The van der Waals surface area contributed by atoms with Crippen molar-refractivity contribution in [2.45, 2.75) is 32.0 Å². The molecule has 14 heteroatoms. The second-order valence-corrected chi connectivity index (χ2v) is 9.43. The zero-order valence-electron chi connectivity index (χ0n) is 21.3. The molecule has 0 radical (unpaired) electrons. The van der Waals surface area contributed by atoms with E-state index in [1.807, 2.05) is 19.1 Å². The van der Waals surface area contributed by atoms with Crippen molar-refractivity contribution < 1.29 is 26.7 Å². The predicted octanol–water partition coefficient (Wildman–Crippen LogP) is 5.25. The molecule has 1 amide bonds. The Kier molecular flexibility index (Phi) is 7.61. The smallest absolute Gasteiger partial charge is 0.340 e. The topological polar surface area (TPSA) is 103 Å². The highest BCUT2D eigenvalue weighted by atomic mass is 19.4. The molecule has 0 saturated carbocycles. The fraction of sp³-hybridized carbons (Fsp3) is 0.346. The molecule has 0 bridgehead atoms. The van der Waals surface area contributed by atoms with Gasteiger partial charge in [0.1, 0.15) is 24.3 Å². The lowest BCUT2D eigenvalue weighted by Crippen LogP contribution is -2.50. The Morgan fingerprint density at radius 3 is 2.55 bits per heavy atom. The Bertz CT molecular complexity index is 1500. The fourth-order valence-electron chi connectivity index (χ4n) is 4.63. The molecule has 1 fully saturated rings. The van der Waals surface area contributed by atoms with Gasteiger partial charge in [-0.2, -0.15) is 13.2 Å². The van der Waals surface area contributed by atoms with Crippen LogP contribution in [0.25, 0.3) is 22.3 Å². The molecule has 0 aliphatic carbocycles. The van der Waals surface area contributed by atoms with Gasteiger partial charge in [0.05, 0.1) is 16.7 Å². The quantitative estimate of drug-likeness (QED) is 0.298. The number of imidazole rings is 1. The van der Waals surface area contributed by atoms with Crippen LogP contribution < -0.4 is 5.32 Å². The first kappa shape index (κ1) is 27.4. The summed E-state index contributed by atoms with van der Waals surface area (Å²) in [5, 5.41) is 3.14. The normalized spacial score (nSPS) is 15.5. The third-order valence-electron chi connectivity index (χ3n) is 6.77. The number of hydrogen-bond acceptors (Lipinski definition) is 7. The van der Waals surface area contributed by atoms with Crippen molar-refractivity contribution in [1.82, 2.24) is 34.7 Å². The number of carbonyl (C=O) groups is 1. The molecule has 4 heterocycles. The Balaban J connectivity index is 1.25. The van der Waals surface area contributed by atoms with E-state index in [2.05, 4.69) is 35.1 Å². The molecular weight excluding hydrogens is 535 g/mol. The summed E-state index contributed by atoms with van der Waals surface area (Å²) in [5.41, 5.74) is 2.89. The number of nitrogens with one attached hydrogen (secondary N) is 2.